The molecule has 0 atom stereocenters. The van der Waals surface area contributed by atoms with Crippen LogP contribution >= 0.6 is 23.4 Å². The number of halogens is 2. The minimum absolute atomic E-state index is 0.128. The smallest absolute Gasteiger partial charge is 0.266 e. The van der Waals surface area contributed by atoms with Crippen LogP contribution in [-0.4, -0.2) is 19.7 Å². The van der Waals surface area contributed by atoms with Crippen LogP contribution in [0.3, 0.4) is 0 Å². The van der Waals surface area contributed by atoms with Gasteiger partial charge >= 0.3 is 0 Å². The highest BCUT2D eigenvalue weighted by Crippen LogP contribution is 2.28. The van der Waals surface area contributed by atoms with Crippen molar-refractivity contribution in [3.8, 4) is 17.1 Å². The molecule has 0 unspecified atom stereocenters. The molecule has 158 valence electrons. The Labute approximate surface area is 190 Å². The minimum Gasteiger partial charge on any atom is -0.334 e. The van der Waals surface area contributed by atoms with Crippen LogP contribution in [0.4, 0.5) is 4.39 Å². The van der Waals surface area contributed by atoms with E-state index in [0.29, 0.717) is 38.4 Å². The Morgan fingerprint density at radius 1 is 0.969 bits per heavy atom. The van der Waals surface area contributed by atoms with Crippen LogP contribution in [0.25, 0.3) is 28.0 Å². The molecule has 0 saturated heterocycles. The Kier molecular flexibility index (Phi) is 5.46. The molecule has 0 radical (unpaired) electrons. The van der Waals surface area contributed by atoms with Crippen molar-refractivity contribution in [2.75, 3.05) is 0 Å². The molecule has 0 aliphatic rings. The lowest BCUT2D eigenvalue weighted by atomic mass is 10.2. The van der Waals surface area contributed by atoms with Gasteiger partial charge in [-0.25, -0.2) is 9.37 Å². The monoisotopic (exact) mass is 464 g/mol. The van der Waals surface area contributed by atoms with E-state index >= 15 is 0 Å². The maximum Gasteiger partial charge on any atom is 0.266 e. The highest BCUT2D eigenvalue weighted by atomic mass is 35.5. The molecular formula is C23H14ClFN4O2S. The third-order valence-corrected chi connectivity index (χ3v) is 6.01. The number of benzene rings is 3. The number of nitrogens with zero attached hydrogens (tertiary/aromatic N) is 4. The predicted molar refractivity (Wildman–Crippen MR) is 122 cm³/mol. The number of hydrogen-bond donors (Lipinski definition) is 0. The highest BCUT2D eigenvalue weighted by Gasteiger charge is 2.18. The zero-order chi connectivity index (χ0) is 22.1. The summed E-state index contributed by atoms with van der Waals surface area (Å²) in [6.45, 7) is 0. The molecule has 5 aromatic rings. The van der Waals surface area contributed by atoms with Crippen LogP contribution in [0, 0.1) is 5.82 Å². The molecule has 6 nitrogen and oxygen atoms in total. The summed E-state index contributed by atoms with van der Waals surface area (Å²) in [5, 5.41) is 5.22. The van der Waals surface area contributed by atoms with Gasteiger partial charge in [-0.2, -0.15) is 4.98 Å². The largest absolute Gasteiger partial charge is 0.334 e. The van der Waals surface area contributed by atoms with Crippen LogP contribution < -0.4 is 5.56 Å². The zero-order valence-electron chi connectivity index (χ0n) is 16.4. The summed E-state index contributed by atoms with van der Waals surface area (Å²) in [5.41, 5.74) is 0.929. The van der Waals surface area contributed by atoms with Gasteiger partial charge < -0.3 is 4.52 Å². The Morgan fingerprint density at radius 3 is 2.56 bits per heavy atom. The molecule has 0 spiro atoms. The lowest BCUT2D eigenvalue weighted by molar-refractivity contribution is 0.425. The molecule has 0 fully saturated rings. The molecule has 9 heteroatoms. The first-order chi connectivity index (χ1) is 15.6. The van der Waals surface area contributed by atoms with E-state index in [1.807, 2.05) is 12.1 Å². The van der Waals surface area contributed by atoms with Gasteiger partial charge in [0.05, 0.1) is 32.9 Å². The van der Waals surface area contributed by atoms with Gasteiger partial charge in [0.25, 0.3) is 11.4 Å². The standard InChI is InChI=1S/C23H14ClFN4O2S/c24-16-9-3-1-7-14(16)21-27-20(28-31-21)13-32-23-26-18-11-5-2-8-15(18)22(30)29(23)19-12-6-4-10-17(19)25/h1-12H,13H2. The fourth-order valence-electron chi connectivity index (χ4n) is 3.24. The van der Waals surface area contributed by atoms with Gasteiger partial charge in [0, 0.05) is 0 Å². The molecule has 0 aliphatic heterocycles. The first-order valence-corrected chi connectivity index (χ1v) is 10.9. The molecule has 0 amide bonds. The lowest BCUT2D eigenvalue weighted by Gasteiger charge is -2.13. The Bertz CT molecular complexity index is 1500. The van der Waals surface area contributed by atoms with Gasteiger partial charge in [-0.3, -0.25) is 9.36 Å². The predicted octanol–water partition coefficient (Wildman–Crippen LogP) is 5.52. The number of fused-ring (bicyclic) bond motifs is 1. The normalized spacial score (nSPS) is 11.2. The second-order valence-electron chi connectivity index (χ2n) is 6.79. The first kappa shape index (κ1) is 20.4. The van der Waals surface area contributed by atoms with Gasteiger partial charge in [-0.1, -0.05) is 64.9 Å². The number of para-hydroxylation sites is 2. The molecule has 0 saturated carbocycles. The van der Waals surface area contributed by atoms with Crippen molar-refractivity contribution in [1.29, 1.82) is 0 Å². The molecule has 0 N–H and O–H groups in total. The molecule has 0 aliphatic carbocycles. The number of thioether (sulfide) groups is 1. The topological polar surface area (TPSA) is 73.8 Å². The van der Waals surface area contributed by atoms with Crippen LogP contribution in [0.1, 0.15) is 5.82 Å². The van der Waals surface area contributed by atoms with E-state index in [-0.39, 0.29) is 17.0 Å². The SMILES string of the molecule is O=c1c2ccccc2nc(SCc2noc(-c3ccccc3Cl)n2)n1-c1ccccc1F. The van der Waals surface area contributed by atoms with Crippen molar-refractivity contribution in [2.24, 2.45) is 0 Å². The zero-order valence-corrected chi connectivity index (χ0v) is 18.0. The molecule has 2 heterocycles. The van der Waals surface area contributed by atoms with Crippen LogP contribution in [0.5, 0.6) is 0 Å². The minimum atomic E-state index is -0.519. The van der Waals surface area contributed by atoms with Gasteiger partial charge in [-0.15, -0.1) is 0 Å². The summed E-state index contributed by atoms with van der Waals surface area (Å²) in [4.78, 5) is 22.2. The highest BCUT2D eigenvalue weighted by molar-refractivity contribution is 7.98. The van der Waals surface area contributed by atoms with Crippen molar-refractivity contribution in [3.05, 3.63) is 99.8 Å². The maximum absolute atomic E-state index is 14.6. The van der Waals surface area contributed by atoms with E-state index in [0.717, 1.165) is 0 Å². The second-order valence-corrected chi connectivity index (χ2v) is 8.14. The quantitative estimate of drug-likeness (QED) is 0.252. The Balaban J connectivity index is 1.54. The third kappa shape index (κ3) is 3.79. The Hall–Kier alpha value is -3.49. The molecule has 2 aromatic heterocycles. The van der Waals surface area contributed by atoms with Crippen LogP contribution in [0.15, 0.2) is 87.3 Å². The fraction of sp³-hybridized carbons (Fsp3) is 0.0435. The lowest BCUT2D eigenvalue weighted by Crippen LogP contribution is -2.22. The fourth-order valence-corrected chi connectivity index (χ4v) is 4.31. The molecule has 3 aromatic carbocycles. The van der Waals surface area contributed by atoms with Gasteiger partial charge in [0.1, 0.15) is 5.82 Å². The van der Waals surface area contributed by atoms with Crippen LogP contribution in [0.2, 0.25) is 5.02 Å². The van der Waals surface area contributed by atoms with E-state index in [1.165, 1.54) is 22.4 Å². The van der Waals surface area contributed by atoms with Crippen LogP contribution in [-0.2, 0) is 5.75 Å². The molecule has 5 rings (SSSR count). The summed E-state index contributed by atoms with van der Waals surface area (Å²) >= 11 is 7.41. The second kappa shape index (κ2) is 8.57. The van der Waals surface area contributed by atoms with Crippen molar-refractivity contribution in [3.63, 3.8) is 0 Å². The summed E-state index contributed by atoms with van der Waals surface area (Å²) < 4.78 is 21.2. The average molecular weight is 465 g/mol. The maximum atomic E-state index is 14.6. The van der Waals surface area contributed by atoms with E-state index in [9.17, 15) is 9.18 Å². The van der Waals surface area contributed by atoms with Crippen molar-refractivity contribution < 1.29 is 8.91 Å². The summed E-state index contributed by atoms with van der Waals surface area (Å²) in [7, 11) is 0. The number of aromatic nitrogens is 4. The molecule has 32 heavy (non-hydrogen) atoms. The first-order valence-electron chi connectivity index (χ1n) is 9.59. The summed E-state index contributed by atoms with van der Waals surface area (Å²) in [5.74, 6) is 0.429. The summed E-state index contributed by atoms with van der Waals surface area (Å²) in [6, 6.07) is 20.2. The Morgan fingerprint density at radius 2 is 1.72 bits per heavy atom. The van der Waals surface area contributed by atoms with Gasteiger partial charge in [0.2, 0.25) is 0 Å². The van der Waals surface area contributed by atoms with Crippen molar-refractivity contribution in [2.45, 2.75) is 10.9 Å². The molecular weight excluding hydrogens is 451 g/mol. The number of hydrogen-bond acceptors (Lipinski definition) is 6. The van der Waals surface area contributed by atoms with Crippen molar-refractivity contribution in [1.82, 2.24) is 19.7 Å². The van der Waals surface area contributed by atoms with Gasteiger partial charge in [0.15, 0.2) is 11.0 Å². The van der Waals surface area contributed by atoms with E-state index in [4.69, 9.17) is 16.1 Å². The number of rotatable bonds is 5. The van der Waals surface area contributed by atoms with E-state index in [1.54, 1.807) is 54.6 Å². The van der Waals surface area contributed by atoms with E-state index < -0.39 is 5.82 Å². The van der Waals surface area contributed by atoms with E-state index in [2.05, 4.69) is 15.1 Å². The van der Waals surface area contributed by atoms with Crippen molar-refractivity contribution >= 4 is 34.3 Å². The average Bonchev–Trinajstić information content (AvgIpc) is 3.28. The molecule has 0 bridgehead atoms. The van der Waals surface area contributed by atoms with Gasteiger partial charge in [-0.05, 0) is 36.4 Å². The summed E-state index contributed by atoms with van der Waals surface area (Å²) in [6.07, 6.45) is 0. The third-order valence-electron chi connectivity index (χ3n) is 4.74.